The molecule has 0 heterocycles. The Morgan fingerprint density at radius 2 is 1.38 bits per heavy atom. The zero-order chi connectivity index (χ0) is 4.28. The van der Waals surface area contributed by atoms with Crippen LogP contribution < -0.4 is 0 Å². The minimum absolute atomic E-state index is 0. The van der Waals surface area contributed by atoms with Crippen molar-refractivity contribution in [2.45, 2.75) is 18.3 Å². The minimum Gasteiger partial charge on any atom is -0.412 e. The van der Waals surface area contributed by atoms with E-state index in [-0.39, 0.29) is 23.4 Å². The van der Waals surface area contributed by atoms with E-state index in [1.54, 1.807) is 22.5 Å². The number of halogens is 1. The average Bonchev–Trinajstić information content (AvgIpc) is 1.38. The summed E-state index contributed by atoms with van der Waals surface area (Å²) in [6, 6.07) is 0. The van der Waals surface area contributed by atoms with Crippen LogP contribution in [-0.2, 0) is 0 Å². The van der Waals surface area contributed by atoms with Crippen molar-refractivity contribution >= 4 is 34.9 Å². The summed E-state index contributed by atoms with van der Waals surface area (Å²) in [6.07, 6.45) is 0. The molecule has 0 spiro atoms. The second kappa shape index (κ2) is 15.7. The zero-order valence-corrected chi connectivity index (χ0v) is 8.86. The predicted octanol–water partition coefficient (Wildman–Crippen LogP) is 0.00160. The zero-order valence-electron chi connectivity index (χ0n) is 5.19. The Balaban J connectivity index is -0.0000000267. The average molecular weight is 248 g/mol. The van der Waals surface area contributed by atoms with E-state index >= 15 is 0 Å². The van der Waals surface area contributed by atoms with Crippen LogP contribution in [0.5, 0.6) is 0 Å². The molecule has 4 heteroatoms. The molecule has 2 nitrogen and oxygen atoms in total. The van der Waals surface area contributed by atoms with Crippen LogP contribution in [0.25, 0.3) is 0 Å². The van der Waals surface area contributed by atoms with Gasteiger partial charge in [-0.2, -0.15) is 0 Å². The third kappa shape index (κ3) is 28.0. The van der Waals surface area contributed by atoms with Crippen LogP contribution >= 0.6 is 12.4 Å². The van der Waals surface area contributed by atoms with Gasteiger partial charge in [0.15, 0.2) is 0 Å². The first-order valence-corrected chi connectivity index (χ1v) is 3.93. The summed E-state index contributed by atoms with van der Waals surface area (Å²) in [6.45, 7) is 4.49. The molecule has 0 aliphatic heterocycles. The predicted molar refractivity (Wildman–Crippen MR) is 39.9 cm³/mol. The van der Waals surface area contributed by atoms with Gasteiger partial charge in [0.25, 0.3) is 0 Å². The Labute approximate surface area is 70.2 Å². The SMILES string of the molecule is CC(C)[CH2][Sn].Cl.O.O. The molecule has 0 bridgehead atoms. The standard InChI is InChI=1S/C4H9.ClH.2H2O.Sn/c1-4(2)3;;;;/h4H,1H2,2-3H3;1H;2*1H2;. The second-order valence-electron chi connectivity index (χ2n) is 1.60. The fourth-order valence-electron chi connectivity index (χ4n) is 0. The van der Waals surface area contributed by atoms with Crippen LogP contribution in [-0.4, -0.2) is 33.5 Å². The van der Waals surface area contributed by atoms with Gasteiger partial charge in [-0.3, -0.25) is 0 Å². The van der Waals surface area contributed by atoms with E-state index in [9.17, 15) is 0 Å². The molecule has 0 saturated carbocycles. The monoisotopic (exact) mass is 249 g/mol. The first-order chi connectivity index (χ1) is 2.27. The number of rotatable bonds is 1. The molecule has 0 atom stereocenters. The van der Waals surface area contributed by atoms with Crippen LogP contribution in [0.3, 0.4) is 0 Å². The maximum Gasteiger partial charge on any atom is -0.147 e. The molecule has 0 saturated heterocycles. The van der Waals surface area contributed by atoms with E-state index in [4.69, 9.17) is 0 Å². The van der Waals surface area contributed by atoms with E-state index in [0.29, 0.717) is 0 Å². The Hall–Kier alpha value is 1.01. The Morgan fingerprint density at radius 1 is 1.25 bits per heavy atom. The first-order valence-electron chi connectivity index (χ1n) is 1.92. The van der Waals surface area contributed by atoms with Crippen molar-refractivity contribution in [3.8, 4) is 0 Å². The van der Waals surface area contributed by atoms with Crippen LogP contribution in [0.2, 0.25) is 4.44 Å². The van der Waals surface area contributed by atoms with Crippen LogP contribution in [0.15, 0.2) is 0 Å². The summed E-state index contributed by atoms with van der Waals surface area (Å²) >= 11 is 1.66. The molecule has 0 aromatic carbocycles. The minimum atomic E-state index is 0. The number of hydrogen-bond donors (Lipinski definition) is 0. The Kier molecular flexibility index (Phi) is 45.1. The summed E-state index contributed by atoms with van der Waals surface area (Å²) in [5, 5.41) is 0. The molecule has 3 radical (unpaired) electrons. The smallest absolute Gasteiger partial charge is 0.147 e. The molecule has 0 aromatic heterocycles. The van der Waals surface area contributed by atoms with Gasteiger partial charge in [-0.1, -0.05) is 0 Å². The van der Waals surface area contributed by atoms with Crippen molar-refractivity contribution in [3.05, 3.63) is 0 Å². The summed E-state index contributed by atoms with van der Waals surface area (Å²) in [4.78, 5) is 0. The van der Waals surface area contributed by atoms with Crippen LogP contribution in [0.4, 0.5) is 0 Å². The third-order valence-corrected chi connectivity index (χ3v) is 2.74. The maximum absolute atomic E-state index is 2.24. The molecule has 8 heavy (non-hydrogen) atoms. The summed E-state index contributed by atoms with van der Waals surface area (Å²) < 4.78 is 1.40. The van der Waals surface area contributed by atoms with Gasteiger partial charge < -0.3 is 11.0 Å². The van der Waals surface area contributed by atoms with Gasteiger partial charge in [-0.05, 0) is 0 Å². The normalized spacial score (nSPS) is 6.00. The van der Waals surface area contributed by atoms with Gasteiger partial charge in [0, 0.05) is 0 Å². The summed E-state index contributed by atoms with van der Waals surface area (Å²) in [5.41, 5.74) is 0. The van der Waals surface area contributed by atoms with E-state index in [1.807, 2.05) is 0 Å². The van der Waals surface area contributed by atoms with E-state index < -0.39 is 0 Å². The molecule has 53 valence electrons. The Morgan fingerprint density at radius 3 is 1.38 bits per heavy atom. The molecule has 0 aromatic rings. The quantitative estimate of drug-likeness (QED) is 0.587. The van der Waals surface area contributed by atoms with E-state index in [0.717, 1.165) is 5.92 Å². The van der Waals surface area contributed by atoms with Gasteiger partial charge in [-0.25, -0.2) is 0 Å². The molecular formula is C4H14ClO2Sn. The molecule has 0 aliphatic rings. The molecular weight excluding hydrogens is 234 g/mol. The molecule has 0 aliphatic carbocycles. The van der Waals surface area contributed by atoms with Crippen molar-refractivity contribution < 1.29 is 11.0 Å². The van der Waals surface area contributed by atoms with Crippen LogP contribution in [0, 0.1) is 5.92 Å². The largest absolute Gasteiger partial charge is 0.412 e. The van der Waals surface area contributed by atoms with Gasteiger partial charge >= 0.3 is 46.7 Å². The fourth-order valence-corrected chi connectivity index (χ4v) is 0. The topological polar surface area (TPSA) is 63.0 Å². The van der Waals surface area contributed by atoms with Crippen molar-refractivity contribution in [1.82, 2.24) is 0 Å². The van der Waals surface area contributed by atoms with Crippen molar-refractivity contribution in [2.75, 3.05) is 0 Å². The van der Waals surface area contributed by atoms with E-state index in [1.165, 1.54) is 4.44 Å². The third-order valence-electron chi connectivity index (χ3n) is 0.408. The molecule has 0 amide bonds. The van der Waals surface area contributed by atoms with Gasteiger partial charge in [0.05, 0.1) is 0 Å². The summed E-state index contributed by atoms with van der Waals surface area (Å²) in [7, 11) is 0. The molecule has 0 fully saturated rings. The number of hydrogen-bond acceptors (Lipinski definition) is 0. The Bertz CT molecular complexity index is 28.0. The maximum atomic E-state index is 2.24. The first kappa shape index (κ1) is 23.0. The van der Waals surface area contributed by atoms with Crippen molar-refractivity contribution in [2.24, 2.45) is 5.92 Å². The van der Waals surface area contributed by atoms with Crippen molar-refractivity contribution in [1.29, 1.82) is 0 Å². The molecule has 0 rings (SSSR count). The van der Waals surface area contributed by atoms with Crippen LogP contribution in [0.1, 0.15) is 13.8 Å². The molecule has 4 N–H and O–H groups in total. The van der Waals surface area contributed by atoms with Crippen molar-refractivity contribution in [3.63, 3.8) is 0 Å². The second-order valence-corrected chi connectivity index (χ2v) is 2.76. The summed E-state index contributed by atoms with van der Waals surface area (Å²) in [5.74, 6) is 0.924. The molecule has 0 unspecified atom stereocenters. The van der Waals surface area contributed by atoms with Gasteiger partial charge in [0.1, 0.15) is 0 Å². The van der Waals surface area contributed by atoms with E-state index in [2.05, 4.69) is 13.8 Å². The van der Waals surface area contributed by atoms with Gasteiger partial charge in [0.2, 0.25) is 0 Å². The fraction of sp³-hybridized carbons (Fsp3) is 1.00. The van der Waals surface area contributed by atoms with Gasteiger partial charge in [-0.15, -0.1) is 12.4 Å².